The molecule has 1 atom stereocenters. The first kappa shape index (κ1) is 19.0. The van der Waals surface area contributed by atoms with Crippen LogP contribution >= 0.6 is 11.6 Å². The predicted octanol–water partition coefficient (Wildman–Crippen LogP) is 3.16. The van der Waals surface area contributed by atoms with Gasteiger partial charge in [0.25, 0.3) is 0 Å². The second-order valence-corrected chi connectivity index (χ2v) is 6.42. The van der Waals surface area contributed by atoms with Gasteiger partial charge in [-0.3, -0.25) is 4.90 Å². The summed E-state index contributed by atoms with van der Waals surface area (Å²) in [4.78, 5) is 13.5. The number of nitrogens with two attached hydrogens (primary N) is 2. The fraction of sp³-hybridized carbons (Fsp3) is 0.211. The number of carbonyl (C=O) groups is 1. The van der Waals surface area contributed by atoms with E-state index in [0.29, 0.717) is 17.1 Å². The molecular formula is C19H20ClFN4O2. The Bertz CT molecular complexity index is 844. The van der Waals surface area contributed by atoms with E-state index in [2.05, 4.69) is 0 Å². The molecule has 1 amide bonds. The van der Waals surface area contributed by atoms with E-state index in [0.717, 1.165) is 11.1 Å². The topological polar surface area (TPSA) is 84.8 Å². The van der Waals surface area contributed by atoms with Crippen molar-refractivity contribution in [3.8, 4) is 11.1 Å². The molecule has 142 valence electrons. The Balaban J connectivity index is 1.76. The maximum Gasteiger partial charge on any atom is 0.414 e. The van der Waals surface area contributed by atoms with E-state index in [9.17, 15) is 9.18 Å². The average molecular weight is 391 g/mol. The first-order valence-electron chi connectivity index (χ1n) is 8.34. The van der Waals surface area contributed by atoms with Crippen LogP contribution in [-0.2, 0) is 10.6 Å². The summed E-state index contributed by atoms with van der Waals surface area (Å²) >= 11 is 5.78. The normalized spacial score (nSPS) is 16.8. The quantitative estimate of drug-likeness (QED) is 0.449. The number of benzene rings is 2. The first-order chi connectivity index (χ1) is 13.0. The predicted molar refractivity (Wildman–Crippen MR) is 103 cm³/mol. The van der Waals surface area contributed by atoms with E-state index < -0.39 is 18.0 Å². The molecule has 2 aromatic rings. The van der Waals surface area contributed by atoms with Crippen molar-refractivity contribution in [1.82, 2.24) is 5.01 Å². The highest BCUT2D eigenvalue weighted by atomic mass is 35.5. The summed E-state index contributed by atoms with van der Waals surface area (Å²) < 4.78 is 19.9. The van der Waals surface area contributed by atoms with E-state index in [1.165, 1.54) is 28.4 Å². The molecule has 0 saturated carbocycles. The highest BCUT2D eigenvalue weighted by Gasteiger charge is 2.33. The van der Waals surface area contributed by atoms with Crippen LogP contribution in [0.5, 0.6) is 0 Å². The molecular weight excluding hydrogens is 371 g/mol. The molecule has 4 N–H and O–H groups in total. The van der Waals surface area contributed by atoms with Gasteiger partial charge in [-0.2, -0.15) is 0 Å². The van der Waals surface area contributed by atoms with Crippen molar-refractivity contribution < 1.29 is 13.9 Å². The van der Waals surface area contributed by atoms with Gasteiger partial charge in [0, 0.05) is 23.8 Å². The molecule has 1 aliphatic rings. The zero-order chi connectivity index (χ0) is 19.4. The number of hydrogen-bond acceptors (Lipinski definition) is 5. The number of nitrogens with zero attached hydrogens (tertiary/aromatic N) is 2. The second-order valence-electron chi connectivity index (χ2n) is 6.15. The zero-order valence-electron chi connectivity index (χ0n) is 14.5. The lowest BCUT2D eigenvalue weighted by Gasteiger charge is -2.17. The van der Waals surface area contributed by atoms with E-state index in [-0.39, 0.29) is 13.1 Å². The lowest BCUT2D eigenvalue weighted by Crippen LogP contribution is -2.36. The van der Waals surface area contributed by atoms with Crippen LogP contribution in [0.25, 0.3) is 11.1 Å². The Kier molecular flexibility index (Phi) is 5.83. The summed E-state index contributed by atoms with van der Waals surface area (Å²) in [5.74, 6) is 5.69. The maximum atomic E-state index is 14.7. The van der Waals surface area contributed by atoms with Gasteiger partial charge in [-0.15, -0.1) is 11.6 Å². The number of cyclic esters (lactones) is 1. The number of rotatable bonds is 6. The molecule has 27 heavy (non-hydrogen) atoms. The van der Waals surface area contributed by atoms with Crippen molar-refractivity contribution in [2.45, 2.75) is 12.0 Å². The van der Waals surface area contributed by atoms with Crippen LogP contribution < -0.4 is 16.5 Å². The minimum atomic E-state index is -0.538. The number of hydrazine groups is 1. The third kappa shape index (κ3) is 4.32. The Morgan fingerprint density at radius 1 is 1.30 bits per heavy atom. The molecule has 1 aliphatic heterocycles. The molecule has 6 nitrogen and oxygen atoms in total. The van der Waals surface area contributed by atoms with Gasteiger partial charge in [-0.05, 0) is 29.3 Å². The molecule has 1 heterocycles. The van der Waals surface area contributed by atoms with Crippen LogP contribution in [0, 0.1) is 5.82 Å². The lowest BCUT2D eigenvalue weighted by atomic mass is 10.0. The van der Waals surface area contributed by atoms with Crippen molar-refractivity contribution >= 4 is 23.4 Å². The molecule has 0 bridgehead atoms. The Morgan fingerprint density at radius 3 is 2.67 bits per heavy atom. The van der Waals surface area contributed by atoms with Gasteiger partial charge in [-0.25, -0.2) is 15.0 Å². The van der Waals surface area contributed by atoms with Crippen molar-refractivity contribution in [2.75, 3.05) is 18.0 Å². The van der Waals surface area contributed by atoms with Gasteiger partial charge >= 0.3 is 6.09 Å². The van der Waals surface area contributed by atoms with Crippen molar-refractivity contribution in [2.24, 2.45) is 11.6 Å². The molecule has 3 rings (SSSR count). The summed E-state index contributed by atoms with van der Waals surface area (Å²) in [5.41, 5.74) is 7.85. The number of carbonyl (C=O) groups excluding carboxylic acids is 1. The molecule has 1 fully saturated rings. The number of ether oxygens (including phenoxy) is 1. The minimum Gasteiger partial charge on any atom is -0.442 e. The third-order valence-electron chi connectivity index (χ3n) is 4.25. The number of hydrogen-bond donors (Lipinski definition) is 2. The minimum absolute atomic E-state index is 0.272. The number of anilines is 1. The Hall–Kier alpha value is -2.77. The monoisotopic (exact) mass is 390 g/mol. The fourth-order valence-electron chi connectivity index (χ4n) is 2.91. The summed E-state index contributed by atoms with van der Waals surface area (Å²) in [7, 11) is 0. The fourth-order valence-corrected chi connectivity index (χ4v) is 3.09. The maximum absolute atomic E-state index is 14.7. The number of amides is 1. The molecule has 2 aromatic carbocycles. The van der Waals surface area contributed by atoms with Crippen LogP contribution in [0.3, 0.4) is 0 Å². The molecule has 0 radical (unpaired) electrons. The summed E-state index contributed by atoms with van der Waals surface area (Å²) in [6.07, 6.45) is 1.79. The first-order valence-corrected chi connectivity index (χ1v) is 8.88. The molecule has 1 unspecified atom stereocenters. The zero-order valence-corrected chi connectivity index (χ0v) is 15.3. The summed E-state index contributed by atoms with van der Waals surface area (Å²) in [5, 5.41) is 1.33. The van der Waals surface area contributed by atoms with Crippen LogP contribution in [0.2, 0.25) is 0 Å². The van der Waals surface area contributed by atoms with Crippen LogP contribution in [0.4, 0.5) is 14.9 Å². The van der Waals surface area contributed by atoms with Crippen molar-refractivity contribution in [3.63, 3.8) is 0 Å². The van der Waals surface area contributed by atoms with Gasteiger partial charge in [0.2, 0.25) is 0 Å². The van der Waals surface area contributed by atoms with Crippen LogP contribution in [0.15, 0.2) is 54.9 Å². The van der Waals surface area contributed by atoms with Crippen LogP contribution in [-0.4, -0.2) is 30.3 Å². The van der Waals surface area contributed by atoms with Gasteiger partial charge in [0.15, 0.2) is 0 Å². The molecule has 0 spiro atoms. The highest BCUT2D eigenvalue weighted by molar-refractivity contribution is 6.17. The smallest absolute Gasteiger partial charge is 0.414 e. The summed E-state index contributed by atoms with van der Waals surface area (Å²) in [6.45, 7) is 0.553. The molecule has 1 saturated heterocycles. The van der Waals surface area contributed by atoms with Crippen molar-refractivity contribution in [3.05, 3.63) is 66.2 Å². The van der Waals surface area contributed by atoms with E-state index in [1.807, 2.05) is 24.3 Å². The molecule has 0 aromatic heterocycles. The lowest BCUT2D eigenvalue weighted by molar-refractivity contribution is 0.122. The Labute approximate surface area is 161 Å². The third-order valence-corrected chi connectivity index (χ3v) is 4.56. The van der Waals surface area contributed by atoms with Gasteiger partial charge in [0.1, 0.15) is 11.9 Å². The van der Waals surface area contributed by atoms with Gasteiger partial charge in [0.05, 0.1) is 18.8 Å². The summed E-state index contributed by atoms with van der Waals surface area (Å²) in [6, 6.07) is 12.0. The average Bonchev–Trinajstić information content (AvgIpc) is 3.02. The van der Waals surface area contributed by atoms with Gasteiger partial charge < -0.3 is 15.5 Å². The standard InChI is InChI=1S/C19H20ClFN4O2/c20-10-13-1-3-14(4-2-13)17-6-5-15(9-18(17)21)25-12-16(27-19(25)26)11-24(23)8-7-22/h1-9,16H,10-12,22-23H2/b8-7-. The number of halogens is 2. The second kappa shape index (κ2) is 8.28. The van der Waals surface area contributed by atoms with E-state index >= 15 is 0 Å². The highest BCUT2D eigenvalue weighted by Crippen LogP contribution is 2.29. The van der Waals surface area contributed by atoms with Crippen LogP contribution in [0.1, 0.15) is 5.56 Å². The Morgan fingerprint density at radius 2 is 2.04 bits per heavy atom. The largest absolute Gasteiger partial charge is 0.442 e. The van der Waals surface area contributed by atoms with E-state index in [4.69, 9.17) is 27.9 Å². The molecule has 8 heteroatoms. The number of alkyl halides is 1. The SMILES string of the molecule is N/C=C\N(N)CC1CN(c2ccc(-c3ccc(CCl)cc3)c(F)c2)C(=O)O1. The molecule has 0 aliphatic carbocycles. The van der Waals surface area contributed by atoms with E-state index in [1.54, 1.807) is 12.1 Å². The van der Waals surface area contributed by atoms with Gasteiger partial charge in [-0.1, -0.05) is 24.3 Å². The van der Waals surface area contributed by atoms with Crippen molar-refractivity contribution in [1.29, 1.82) is 0 Å².